The molecule has 13 heteroatoms. The zero-order valence-electron chi connectivity index (χ0n) is 17.6. The van der Waals surface area contributed by atoms with E-state index >= 15 is 0 Å². The summed E-state index contributed by atoms with van der Waals surface area (Å²) < 4.78 is 36.8. The van der Waals surface area contributed by atoms with Crippen LogP contribution >= 0.6 is 0 Å². The van der Waals surface area contributed by atoms with Gasteiger partial charge in [-0.25, -0.2) is 8.42 Å². The normalized spacial score (nSPS) is 11.1. The standard InChI is InChI=1S/C19H24N4O8S/c1-3-22(4-2)18(24)13-31-19(25)12-21-32(28,29)15-7-8-16(17(10-15)23(26)27)20-11-14-6-5-9-30-14/h5-10,20-21H,3-4,11-13H2,1-2H3. The molecule has 12 nitrogen and oxygen atoms in total. The van der Waals surface area contributed by atoms with E-state index in [9.17, 15) is 28.1 Å². The number of nitro groups is 1. The highest BCUT2D eigenvalue weighted by molar-refractivity contribution is 7.89. The summed E-state index contributed by atoms with van der Waals surface area (Å²) in [6, 6.07) is 6.63. The number of hydrogen-bond donors (Lipinski definition) is 2. The Morgan fingerprint density at radius 3 is 2.53 bits per heavy atom. The molecule has 0 saturated carbocycles. The van der Waals surface area contributed by atoms with E-state index in [1.807, 2.05) is 4.72 Å². The Morgan fingerprint density at radius 1 is 1.22 bits per heavy atom. The second kappa shape index (κ2) is 11.2. The molecule has 0 saturated heterocycles. The molecule has 1 aromatic carbocycles. The molecule has 0 unspecified atom stereocenters. The smallest absolute Gasteiger partial charge is 0.321 e. The van der Waals surface area contributed by atoms with Gasteiger partial charge in [0.25, 0.3) is 11.6 Å². The number of anilines is 1. The number of furan rings is 1. The number of sulfonamides is 1. The van der Waals surface area contributed by atoms with Crippen molar-refractivity contribution in [3.05, 3.63) is 52.5 Å². The summed E-state index contributed by atoms with van der Waals surface area (Å²) >= 11 is 0. The predicted octanol–water partition coefficient (Wildman–Crippen LogP) is 1.49. The third kappa shape index (κ3) is 6.78. The van der Waals surface area contributed by atoms with Crippen molar-refractivity contribution in [3.63, 3.8) is 0 Å². The second-order valence-electron chi connectivity index (χ2n) is 6.42. The molecule has 1 heterocycles. The first-order valence-electron chi connectivity index (χ1n) is 9.65. The minimum absolute atomic E-state index is 0.0969. The maximum atomic E-state index is 12.5. The molecule has 0 radical (unpaired) electrons. The number of amides is 1. The lowest BCUT2D eigenvalue weighted by Gasteiger charge is -2.18. The van der Waals surface area contributed by atoms with Gasteiger partial charge < -0.3 is 19.4 Å². The van der Waals surface area contributed by atoms with Crippen molar-refractivity contribution in [3.8, 4) is 0 Å². The third-order valence-corrected chi connectivity index (χ3v) is 5.79. The van der Waals surface area contributed by atoms with Crippen molar-refractivity contribution in [2.24, 2.45) is 0 Å². The van der Waals surface area contributed by atoms with Gasteiger partial charge >= 0.3 is 5.97 Å². The molecule has 1 aromatic heterocycles. The van der Waals surface area contributed by atoms with Crippen LogP contribution in [0.4, 0.5) is 11.4 Å². The monoisotopic (exact) mass is 468 g/mol. The molecule has 0 spiro atoms. The van der Waals surface area contributed by atoms with Crippen molar-refractivity contribution < 1.29 is 32.1 Å². The number of hydrogen-bond acceptors (Lipinski definition) is 9. The van der Waals surface area contributed by atoms with Crippen molar-refractivity contribution in [1.29, 1.82) is 0 Å². The average molecular weight is 468 g/mol. The van der Waals surface area contributed by atoms with E-state index in [2.05, 4.69) is 5.32 Å². The minimum Gasteiger partial charge on any atom is -0.467 e. The van der Waals surface area contributed by atoms with Gasteiger partial charge in [0, 0.05) is 19.2 Å². The highest BCUT2D eigenvalue weighted by atomic mass is 32.2. The fourth-order valence-electron chi connectivity index (χ4n) is 2.67. The van der Waals surface area contributed by atoms with Crippen LogP contribution in [0.1, 0.15) is 19.6 Å². The number of nitrogens with one attached hydrogen (secondary N) is 2. The molecule has 2 aromatic rings. The number of carbonyl (C=O) groups is 2. The van der Waals surface area contributed by atoms with E-state index in [1.54, 1.807) is 26.0 Å². The lowest BCUT2D eigenvalue weighted by atomic mass is 10.2. The van der Waals surface area contributed by atoms with Crippen LogP contribution in [0.2, 0.25) is 0 Å². The molecule has 0 aliphatic rings. The molecule has 0 aliphatic carbocycles. The summed E-state index contributed by atoms with van der Waals surface area (Å²) in [4.78, 5) is 35.4. The number of carbonyl (C=O) groups excluding carboxylic acids is 2. The van der Waals surface area contributed by atoms with Crippen LogP contribution < -0.4 is 10.0 Å². The Morgan fingerprint density at radius 2 is 1.94 bits per heavy atom. The molecule has 0 atom stereocenters. The van der Waals surface area contributed by atoms with Gasteiger partial charge in [-0.2, -0.15) is 4.72 Å². The first-order chi connectivity index (χ1) is 15.2. The Balaban J connectivity index is 2.01. The van der Waals surface area contributed by atoms with Crippen LogP contribution in [-0.2, 0) is 30.9 Å². The van der Waals surface area contributed by atoms with Gasteiger partial charge in [0.1, 0.15) is 18.0 Å². The number of rotatable bonds is 12. The Labute approximate surface area is 184 Å². The van der Waals surface area contributed by atoms with Crippen LogP contribution in [0, 0.1) is 10.1 Å². The van der Waals surface area contributed by atoms with Gasteiger partial charge in [-0.1, -0.05) is 0 Å². The molecule has 1 amide bonds. The van der Waals surface area contributed by atoms with Crippen molar-refractivity contribution >= 4 is 33.3 Å². The largest absolute Gasteiger partial charge is 0.467 e. The van der Waals surface area contributed by atoms with Crippen molar-refractivity contribution in [2.45, 2.75) is 25.3 Å². The van der Waals surface area contributed by atoms with Gasteiger partial charge in [0.2, 0.25) is 10.0 Å². The summed E-state index contributed by atoms with van der Waals surface area (Å²) in [5.74, 6) is -0.824. The summed E-state index contributed by atoms with van der Waals surface area (Å²) in [6.07, 6.45) is 1.46. The van der Waals surface area contributed by atoms with Crippen molar-refractivity contribution in [2.75, 3.05) is 31.6 Å². The second-order valence-corrected chi connectivity index (χ2v) is 8.19. The Hall–Kier alpha value is -3.45. The third-order valence-electron chi connectivity index (χ3n) is 4.39. The minimum atomic E-state index is -4.25. The summed E-state index contributed by atoms with van der Waals surface area (Å²) in [5.41, 5.74) is -0.369. The van der Waals surface area contributed by atoms with E-state index < -0.39 is 50.6 Å². The highest BCUT2D eigenvalue weighted by Gasteiger charge is 2.23. The van der Waals surface area contributed by atoms with Crippen molar-refractivity contribution in [1.82, 2.24) is 9.62 Å². The number of esters is 1. The van der Waals surface area contributed by atoms with Gasteiger partial charge in [0.05, 0.1) is 22.6 Å². The fraction of sp³-hybridized carbons (Fsp3) is 0.368. The molecule has 2 rings (SSSR count). The predicted molar refractivity (Wildman–Crippen MR) is 113 cm³/mol. The molecular weight excluding hydrogens is 444 g/mol. The zero-order valence-corrected chi connectivity index (χ0v) is 18.4. The lowest BCUT2D eigenvalue weighted by molar-refractivity contribution is -0.384. The van der Waals surface area contributed by atoms with Crippen LogP contribution in [-0.4, -0.2) is 56.4 Å². The van der Waals surface area contributed by atoms with E-state index in [1.165, 1.54) is 17.2 Å². The van der Waals surface area contributed by atoms with Crippen LogP contribution in [0.5, 0.6) is 0 Å². The first-order valence-corrected chi connectivity index (χ1v) is 11.1. The molecule has 0 bridgehead atoms. The summed E-state index contributed by atoms with van der Waals surface area (Å²) in [6.45, 7) is 3.36. The van der Waals surface area contributed by atoms with Crippen LogP contribution in [0.15, 0.2) is 45.9 Å². The zero-order chi connectivity index (χ0) is 23.7. The SMILES string of the molecule is CCN(CC)C(=O)COC(=O)CNS(=O)(=O)c1ccc(NCc2ccco2)c([N+](=O)[O-])c1. The van der Waals surface area contributed by atoms with E-state index in [0.29, 0.717) is 18.8 Å². The van der Waals surface area contributed by atoms with Gasteiger partial charge in [-0.05, 0) is 38.1 Å². The quantitative estimate of drug-likeness (QED) is 0.267. The number of nitrogens with zero attached hydrogens (tertiary/aromatic N) is 2. The summed E-state index contributed by atoms with van der Waals surface area (Å²) in [5, 5.41) is 14.2. The molecule has 32 heavy (non-hydrogen) atoms. The van der Waals surface area contributed by atoms with E-state index in [0.717, 1.165) is 12.1 Å². The molecule has 174 valence electrons. The molecular formula is C19H24N4O8S. The number of ether oxygens (including phenoxy) is 1. The Bertz CT molecular complexity index is 1050. The topological polar surface area (TPSA) is 161 Å². The lowest BCUT2D eigenvalue weighted by Crippen LogP contribution is -2.36. The van der Waals surface area contributed by atoms with Gasteiger partial charge in [-0.15, -0.1) is 0 Å². The first kappa shape index (κ1) is 24.8. The number of likely N-dealkylation sites (N-methyl/N-ethyl adjacent to an activating group) is 1. The van der Waals surface area contributed by atoms with Gasteiger partial charge in [-0.3, -0.25) is 19.7 Å². The van der Waals surface area contributed by atoms with E-state index in [4.69, 9.17) is 9.15 Å². The average Bonchev–Trinajstić information content (AvgIpc) is 3.29. The number of nitro benzene ring substituents is 1. The highest BCUT2D eigenvalue weighted by Crippen LogP contribution is 2.28. The molecule has 0 aliphatic heterocycles. The maximum Gasteiger partial charge on any atom is 0.321 e. The molecule has 0 fully saturated rings. The van der Waals surface area contributed by atoms with Crippen LogP contribution in [0.25, 0.3) is 0 Å². The fourth-order valence-corrected chi connectivity index (χ4v) is 3.66. The maximum absolute atomic E-state index is 12.5. The molecule has 2 N–H and O–H groups in total. The van der Waals surface area contributed by atoms with Gasteiger partial charge in [0.15, 0.2) is 6.61 Å². The van der Waals surface area contributed by atoms with E-state index in [-0.39, 0.29) is 12.2 Å². The summed E-state index contributed by atoms with van der Waals surface area (Å²) in [7, 11) is -4.25. The Kier molecular flexibility index (Phi) is 8.72. The van der Waals surface area contributed by atoms with Crippen LogP contribution in [0.3, 0.4) is 0 Å². The number of benzene rings is 1.